The monoisotopic (exact) mass is 475 g/mol. The highest BCUT2D eigenvalue weighted by Crippen LogP contribution is 2.30. The lowest BCUT2D eigenvalue weighted by molar-refractivity contribution is -0.119. The van der Waals surface area contributed by atoms with Gasteiger partial charge in [0.25, 0.3) is 15.9 Å². The molecule has 0 unspecified atom stereocenters. The molecule has 0 fully saturated rings. The molecule has 1 N–H and O–H groups in total. The van der Waals surface area contributed by atoms with E-state index in [1.165, 1.54) is 18.3 Å². The minimum atomic E-state index is -4.02. The summed E-state index contributed by atoms with van der Waals surface area (Å²) in [6.45, 7) is 1.22. The maximum Gasteiger partial charge on any atom is 0.264 e. The number of nitrogens with zero attached hydrogens (tertiary/aromatic N) is 2. The zero-order valence-corrected chi connectivity index (χ0v) is 18.8. The number of hydrazone groups is 1. The van der Waals surface area contributed by atoms with Crippen LogP contribution in [0.25, 0.3) is 0 Å². The minimum absolute atomic E-state index is 0.0619. The second-order valence-corrected chi connectivity index (χ2v) is 9.26. The summed E-state index contributed by atoms with van der Waals surface area (Å²) in [5, 5.41) is 4.88. The number of rotatable bonds is 7. The molecule has 0 aromatic heterocycles. The average molecular weight is 476 g/mol. The molecule has 0 aliphatic heterocycles. The lowest BCUT2D eigenvalue weighted by Gasteiger charge is -2.25. The predicted octanol–water partition coefficient (Wildman–Crippen LogP) is 4.65. The van der Waals surface area contributed by atoms with Crippen LogP contribution < -0.4 is 9.73 Å². The molecule has 3 aromatic rings. The van der Waals surface area contributed by atoms with Crippen molar-refractivity contribution in [1.82, 2.24) is 5.43 Å². The molecule has 160 valence electrons. The van der Waals surface area contributed by atoms with Crippen LogP contribution in [0.4, 0.5) is 5.69 Å². The number of benzene rings is 3. The van der Waals surface area contributed by atoms with Gasteiger partial charge in [-0.25, -0.2) is 13.8 Å². The second kappa shape index (κ2) is 9.96. The molecule has 0 radical (unpaired) electrons. The number of halogens is 2. The highest BCUT2D eigenvalue weighted by Gasteiger charge is 2.28. The van der Waals surface area contributed by atoms with Gasteiger partial charge in [-0.2, -0.15) is 5.10 Å². The molecule has 6 nitrogen and oxygen atoms in total. The molecule has 9 heteroatoms. The fraction of sp³-hybridized carbons (Fsp3) is 0.0909. The van der Waals surface area contributed by atoms with Crippen LogP contribution in [0, 0.1) is 6.92 Å². The SMILES string of the molecule is Cc1c(Cl)cccc1N(CC(=O)N/N=C\c1ccc(Cl)cc1)S(=O)(=O)c1ccccc1. The van der Waals surface area contributed by atoms with Crippen molar-refractivity contribution in [1.29, 1.82) is 0 Å². The number of amides is 1. The van der Waals surface area contributed by atoms with E-state index in [4.69, 9.17) is 23.2 Å². The summed E-state index contributed by atoms with van der Waals surface area (Å²) >= 11 is 12.0. The smallest absolute Gasteiger partial charge is 0.264 e. The molecule has 0 bridgehead atoms. The standard InChI is InChI=1S/C22H19Cl2N3O3S/c1-16-20(24)8-5-9-21(16)27(31(29,30)19-6-3-2-4-7-19)15-22(28)26-25-14-17-10-12-18(23)13-11-17/h2-14H,15H2,1H3,(H,26,28)/b25-14-. The molecule has 0 aliphatic rings. The van der Waals surface area contributed by atoms with Crippen LogP contribution in [0.2, 0.25) is 10.0 Å². The third-order valence-electron chi connectivity index (χ3n) is 4.40. The maximum absolute atomic E-state index is 13.3. The largest absolute Gasteiger partial charge is 0.271 e. The number of sulfonamides is 1. The van der Waals surface area contributed by atoms with Crippen molar-refractivity contribution in [3.8, 4) is 0 Å². The van der Waals surface area contributed by atoms with Gasteiger partial charge in [-0.1, -0.05) is 59.6 Å². The van der Waals surface area contributed by atoms with Crippen molar-refractivity contribution in [3.63, 3.8) is 0 Å². The third-order valence-corrected chi connectivity index (χ3v) is 6.83. The Morgan fingerprint density at radius 3 is 2.35 bits per heavy atom. The van der Waals surface area contributed by atoms with E-state index in [0.717, 1.165) is 9.87 Å². The van der Waals surface area contributed by atoms with E-state index in [1.54, 1.807) is 67.6 Å². The minimum Gasteiger partial charge on any atom is -0.271 e. The Kier molecular flexibility index (Phi) is 7.33. The Bertz CT molecular complexity index is 1200. The van der Waals surface area contributed by atoms with Gasteiger partial charge in [-0.15, -0.1) is 0 Å². The quantitative estimate of drug-likeness (QED) is 0.399. The van der Waals surface area contributed by atoms with Crippen molar-refractivity contribution >= 4 is 51.0 Å². The molecule has 0 atom stereocenters. The summed E-state index contributed by atoms with van der Waals surface area (Å²) in [4.78, 5) is 12.6. The number of carbonyl (C=O) groups excluding carboxylic acids is 1. The fourth-order valence-electron chi connectivity index (χ4n) is 2.78. The molecule has 31 heavy (non-hydrogen) atoms. The van der Waals surface area contributed by atoms with Gasteiger partial charge >= 0.3 is 0 Å². The van der Waals surface area contributed by atoms with Gasteiger partial charge in [0, 0.05) is 10.0 Å². The van der Waals surface area contributed by atoms with E-state index in [9.17, 15) is 13.2 Å². The Hall–Kier alpha value is -2.87. The van der Waals surface area contributed by atoms with Crippen molar-refractivity contribution in [2.75, 3.05) is 10.8 Å². The van der Waals surface area contributed by atoms with Gasteiger partial charge in [0.2, 0.25) is 0 Å². The lowest BCUT2D eigenvalue weighted by atomic mass is 10.2. The van der Waals surface area contributed by atoms with Gasteiger partial charge in [0.1, 0.15) is 6.54 Å². The van der Waals surface area contributed by atoms with E-state index in [-0.39, 0.29) is 4.90 Å². The van der Waals surface area contributed by atoms with Gasteiger partial charge in [0.05, 0.1) is 16.8 Å². The van der Waals surface area contributed by atoms with E-state index >= 15 is 0 Å². The molecule has 0 saturated heterocycles. The van der Waals surface area contributed by atoms with E-state index < -0.39 is 22.5 Å². The topological polar surface area (TPSA) is 78.8 Å². The summed E-state index contributed by atoms with van der Waals surface area (Å²) in [6, 6.07) is 19.6. The molecular formula is C22H19Cl2N3O3S. The van der Waals surface area contributed by atoms with Crippen molar-refractivity contribution in [2.24, 2.45) is 5.10 Å². The molecular weight excluding hydrogens is 457 g/mol. The Morgan fingerprint density at radius 2 is 1.68 bits per heavy atom. The highest BCUT2D eigenvalue weighted by molar-refractivity contribution is 7.92. The third kappa shape index (κ3) is 5.64. The number of nitrogens with one attached hydrogen (secondary N) is 1. The van der Waals surface area contributed by atoms with Gasteiger partial charge in [0.15, 0.2) is 0 Å². The maximum atomic E-state index is 13.3. The zero-order valence-electron chi connectivity index (χ0n) is 16.5. The van der Waals surface area contributed by atoms with Gasteiger partial charge in [-0.3, -0.25) is 9.10 Å². The first-order valence-corrected chi connectivity index (χ1v) is 11.4. The van der Waals surface area contributed by atoms with Crippen molar-refractivity contribution in [3.05, 3.63) is 94.0 Å². The Labute approximate surface area is 191 Å². The van der Waals surface area contributed by atoms with Crippen molar-refractivity contribution < 1.29 is 13.2 Å². The normalized spacial score (nSPS) is 11.5. The Balaban J connectivity index is 1.87. The molecule has 3 rings (SSSR count). The summed E-state index contributed by atoms with van der Waals surface area (Å²) in [7, 11) is -4.02. The molecule has 3 aromatic carbocycles. The Morgan fingerprint density at radius 1 is 1.00 bits per heavy atom. The zero-order chi connectivity index (χ0) is 22.4. The second-order valence-electron chi connectivity index (χ2n) is 6.55. The molecule has 0 saturated carbocycles. The van der Waals surface area contributed by atoms with E-state index in [2.05, 4.69) is 10.5 Å². The average Bonchev–Trinajstić information content (AvgIpc) is 2.76. The van der Waals surface area contributed by atoms with E-state index in [0.29, 0.717) is 21.3 Å². The van der Waals surface area contributed by atoms with Crippen LogP contribution in [-0.2, 0) is 14.8 Å². The first-order chi connectivity index (χ1) is 14.8. The van der Waals surface area contributed by atoms with Crippen LogP contribution in [0.1, 0.15) is 11.1 Å². The molecule has 0 spiro atoms. The van der Waals surface area contributed by atoms with Crippen LogP contribution in [-0.4, -0.2) is 27.1 Å². The molecule has 0 aliphatic carbocycles. The summed E-state index contributed by atoms with van der Waals surface area (Å²) < 4.78 is 27.6. The number of anilines is 1. The molecule has 0 heterocycles. The van der Waals surface area contributed by atoms with Gasteiger partial charge < -0.3 is 0 Å². The summed E-state index contributed by atoms with van der Waals surface area (Å²) in [6.07, 6.45) is 1.44. The highest BCUT2D eigenvalue weighted by atomic mass is 35.5. The number of hydrogen-bond donors (Lipinski definition) is 1. The van der Waals surface area contributed by atoms with Crippen LogP contribution in [0.5, 0.6) is 0 Å². The first kappa shape index (κ1) is 22.8. The lowest BCUT2D eigenvalue weighted by Crippen LogP contribution is -2.40. The first-order valence-electron chi connectivity index (χ1n) is 9.19. The fourth-order valence-corrected chi connectivity index (χ4v) is 4.57. The predicted molar refractivity (Wildman–Crippen MR) is 124 cm³/mol. The van der Waals surface area contributed by atoms with E-state index in [1.807, 2.05) is 0 Å². The number of carbonyl (C=O) groups is 1. The molecule has 1 amide bonds. The van der Waals surface area contributed by atoms with Crippen LogP contribution >= 0.6 is 23.2 Å². The summed E-state index contributed by atoms with van der Waals surface area (Å²) in [5.74, 6) is -0.607. The van der Waals surface area contributed by atoms with Gasteiger partial charge in [-0.05, 0) is 54.4 Å². The van der Waals surface area contributed by atoms with Crippen LogP contribution in [0.3, 0.4) is 0 Å². The number of hydrogen-bond acceptors (Lipinski definition) is 4. The summed E-state index contributed by atoms with van der Waals surface area (Å²) in [5.41, 5.74) is 3.94. The van der Waals surface area contributed by atoms with Crippen LogP contribution in [0.15, 0.2) is 82.8 Å². The van der Waals surface area contributed by atoms with Crippen molar-refractivity contribution in [2.45, 2.75) is 11.8 Å².